The molecule has 0 saturated heterocycles. The minimum absolute atomic E-state index is 0. The molecule has 0 fully saturated rings. The molecular formula is H9O8PSiSrZn. The Morgan fingerprint density at radius 3 is 1.00 bits per heavy atom. The van der Waals surface area contributed by atoms with E-state index in [1.807, 2.05) is 0 Å². The predicted molar refractivity (Wildman–Crippen MR) is 36.9 cm³/mol. The Labute approximate surface area is 122 Å². The van der Waals surface area contributed by atoms with Gasteiger partial charge in [0.05, 0.1) is 0 Å². The molecule has 0 aliphatic rings. The Kier molecular flexibility index (Phi) is 19.5. The molecule has 12 heteroatoms. The first-order valence-corrected chi connectivity index (χ1v) is 5.03. The van der Waals surface area contributed by atoms with Crippen LogP contribution in [0.3, 0.4) is 0 Å². The Morgan fingerprint density at radius 1 is 1.00 bits per heavy atom. The molecule has 0 aromatic carbocycles. The molecule has 0 unspecified atom stereocenters. The molecule has 0 aromatic heterocycles. The predicted octanol–water partition coefficient (Wildman–Crippen LogP) is -3.70. The summed E-state index contributed by atoms with van der Waals surface area (Å²) in [5.74, 6) is 0. The average molecular weight is 349 g/mol. The summed E-state index contributed by atoms with van der Waals surface area (Å²) in [6.45, 7) is 0. The maximum atomic E-state index is 8.88. The summed E-state index contributed by atoms with van der Waals surface area (Å²) in [6, 6.07) is 0. The monoisotopic (exact) mass is 348 g/mol. The van der Waals surface area contributed by atoms with Gasteiger partial charge < -0.3 is 36.7 Å². The van der Waals surface area contributed by atoms with E-state index in [1.54, 1.807) is 0 Å². The van der Waals surface area contributed by atoms with E-state index in [9.17, 15) is 0 Å². The van der Waals surface area contributed by atoms with Crippen LogP contribution in [0.5, 0.6) is 0 Å². The summed E-state index contributed by atoms with van der Waals surface area (Å²) in [5.41, 5.74) is 0. The largest absolute Gasteiger partial charge is 2.00 e. The van der Waals surface area contributed by atoms with Gasteiger partial charge in [0.25, 0.3) is 0 Å². The van der Waals surface area contributed by atoms with Crippen LogP contribution >= 0.6 is 7.82 Å². The summed E-state index contributed by atoms with van der Waals surface area (Å²) in [5, 5.41) is 0. The van der Waals surface area contributed by atoms with Gasteiger partial charge in [-0.3, -0.25) is 0 Å². The van der Waals surface area contributed by atoms with Gasteiger partial charge in [-0.05, 0) is 0 Å². The van der Waals surface area contributed by atoms with Gasteiger partial charge in [0.15, 0.2) is 0 Å². The normalized spacial score (nSPS) is 9.92. The SMILES string of the molecule is O=P(O)(O)O.O[Si](O)(O)O.[H-].[H-].[Sr+2].[Zn]. The molecule has 70 valence electrons. The van der Waals surface area contributed by atoms with Crippen LogP contribution in [0.25, 0.3) is 0 Å². The van der Waals surface area contributed by atoms with E-state index in [1.165, 1.54) is 0 Å². The summed E-state index contributed by atoms with van der Waals surface area (Å²) in [7, 11) is -9.25. The van der Waals surface area contributed by atoms with Crippen LogP contribution in [0.1, 0.15) is 2.85 Å². The van der Waals surface area contributed by atoms with Crippen molar-refractivity contribution >= 4 is 62.4 Å². The van der Waals surface area contributed by atoms with Crippen LogP contribution in [0.15, 0.2) is 0 Å². The second kappa shape index (κ2) is 9.81. The first-order chi connectivity index (χ1) is 4.00. The molecule has 0 amide bonds. The van der Waals surface area contributed by atoms with Crippen molar-refractivity contribution in [2.24, 2.45) is 0 Å². The zero-order valence-corrected chi connectivity index (χ0v) is 14.2. The Bertz CT molecular complexity index is 120. The number of rotatable bonds is 0. The standard InChI is InChI=1S/H3O4P.H4O4Si.Sr.Zn.2H/c2*1-5(2,3)4;;;;/h(H3,1,2,3,4);1-4H;;;;/q;;+2;;2*-1. The zero-order chi connectivity index (χ0) is 9.00. The van der Waals surface area contributed by atoms with Crippen molar-refractivity contribution in [2.45, 2.75) is 0 Å². The zero-order valence-electron chi connectivity index (χ0n) is 7.90. The molecule has 0 radical (unpaired) electrons. The van der Waals surface area contributed by atoms with Crippen LogP contribution in [0.4, 0.5) is 0 Å². The Hall–Kier alpha value is 2.27. The van der Waals surface area contributed by atoms with E-state index < -0.39 is 16.9 Å². The van der Waals surface area contributed by atoms with Crippen LogP contribution in [0, 0.1) is 0 Å². The van der Waals surface area contributed by atoms with Gasteiger partial charge in [-0.25, -0.2) is 4.57 Å². The second-order valence-electron chi connectivity index (χ2n) is 1.11. The van der Waals surface area contributed by atoms with Gasteiger partial charge in [-0.1, -0.05) is 0 Å². The van der Waals surface area contributed by atoms with E-state index in [-0.39, 0.29) is 67.8 Å². The first-order valence-electron chi connectivity index (χ1n) is 1.68. The molecule has 0 heterocycles. The van der Waals surface area contributed by atoms with Gasteiger partial charge in [0, 0.05) is 19.5 Å². The number of phosphoric acid groups is 1. The van der Waals surface area contributed by atoms with Crippen LogP contribution in [-0.4, -0.2) is 88.4 Å². The molecule has 7 N–H and O–H groups in total. The summed E-state index contributed by atoms with van der Waals surface area (Å²) >= 11 is 0. The van der Waals surface area contributed by atoms with Crippen LogP contribution in [0.2, 0.25) is 0 Å². The molecule has 8 nitrogen and oxygen atoms in total. The second-order valence-corrected chi connectivity index (χ2v) is 3.34. The molecule has 0 aliphatic carbocycles. The molecule has 0 aromatic rings. The van der Waals surface area contributed by atoms with E-state index in [0.717, 1.165) is 0 Å². The summed E-state index contributed by atoms with van der Waals surface area (Å²) < 4.78 is 8.88. The Balaban J connectivity index is -0.0000000178. The molecule has 0 saturated carbocycles. The first kappa shape index (κ1) is 23.8. The van der Waals surface area contributed by atoms with Gasteiger partial charge in [0.2, 0.25) is 0 Å². The Morgan fingerprint density at radius 2 is 1.00 bits per heavy atom. The molecule has 0 rings (SSSR count). The van der Waals surface area contributed by atoms with Gasteiger partial charge in [0.1, 0.15) is 0 Å². The quantitative estimate of drug-likeness (QED) is 0.174. The van der Waals surface area contributed by atoms with Crippen LogP contribution in [-0.2, 0) is 24.0 Å². The summed E-state index contributed by atoms with van der Waals surface area (Å²) in [6.07, 6.45) is 0. The molecular weight excluding hydrogens is 340 g/mol. The number of hydrogen-bond donors (Lipinski definition) is 7. The van der Waals surface area contributed by atoms with Gasteiger partial charge in [-0.2, -0.15) is 0 Å². The maximum absolute atomic E-state index is 8.88. The average Bonchev–Trinajstić information content (AvgIpc) is 1.12. The van der Waals surface area contributed by atoms with E-state index in [4.69, 9.17) is 38.4 Å². The third-order valence-corrected chi connectivity index (χ3v) is 0. The minimum Gasteiger partial charge on any atom is -1.00 e. The maximum Gasteiger partial charge on any atom is 2.00 e. The van der Waals surface area contributed by atoms with Crippen molar-refractivity contribution in [2.75, 3.05) is 0 Å². The fourth-order valence-corrected chi connectivity index (χ4v) is 0. The van der Waals surface area contributed by atoms with Gasteiger partial charge >= 0.3 is 62.4 Å². The van der Waals surface area contributed by atoms with Crippen molar-refractivity contribution in [3.63, 3.8) is 0 Å². The summed E-state index contributed by atoms with van der Waals surface area (Å²) in [4.78, 5) is 50.9. The van der Waals surface area contributed by atoms with Gasteiger partial charge in [-0.15, -0.1) is 0 Å². The van der Waals surface area contributed by atoms with Crippen molar-refractivity contribution in [3.05, 3.63) is 0 Å². The number of hydrogen-bond acceptors (Lipinski definition) is 5. The van der Waals surface area contributed by atoms with Crippen LogP contribution < -0.4 is 0 Å². The third-order valence-electron chi connectivity index (χ3n) is 0. The smallest absolute Gasteiger partial charge is 1.00 e. The molecule has 12 heavy (non-hydrogen) atoms. The third kappa shape index (κ3) is 302. The topological polar surface area (TPSA) is 159 Å². The fourth-order valence-electron chi connectivity index (χ4n) is 0. The molecule has 0 spiro atoms. The van der Waals surface area contributed by atoms with Crippen molar-refractivity contribution < 1.29 is 60.8 Å². The molecule has 0 bridgehead atoms. The molecule has 0 aliphatic heterocycles. The minimum atomic E-state index is -4.64. The van der Waals surface area contributed by atoms with E-state index in [0.29, 0.717) is 0 Å². The van der Waals surface area contributed by atoms with Crippen molar-refractivity contribution in [3.8, 4) is 0 Å². The van der Waals surface area contributed by atoms with Crippen molar-refractivity contribution in [1.29, 1.82) is 0 Å². The fraction of sp³-hybridized carbons (Fsp3) is 0. The van der Waals surface area contributed by atoms with E-state index >= 15 is 0 Å². The van der Waals surface area contributed by atoms with E-state index in [2.05, 4.69) is 0 Å². The molecule has 0 atom stereocenters. The van der Waals surface area contributed by atoms with Crippen molar-refractivity contribution in [1.82, 2.24) is 0 Å².